The van der Waals surface area contributed by atoms with E-state index in [1.54, 1.807) is 14.0 Å². The summed E-state index contributed by atoms with van der Waals surface area (Å²) in [4.78, 5) is 12.4. The lowest BCUT2D eigenvalue weighted by molar-refractivity contribution is 0.0527. The zero-order valence-corrected chi connectivity index (χ0v) is 16.9. The summed E-state index contributed by atoms with van der Waals surface area (Å²) in [5.41, 5.74) is 2.19. The highest BCUT2D eigenvalue weighted by Crippen LogP contribution is 2.30. The molecule has 2 N–H and O–H groups in total. The summed E-state index contributed by atoms with van der Waals surface area (Å²) in [5.74, 6) is 0.323. The van der Waals surface area contributed by atoms with Gasteiger partial charge in [-0.2, -0.15) is 0 Å². The molecule has 0 saturated carbocycles. The molecule has 1 aromatic heterocycles. The minimum atomic E-state index is -0.561. The standard InChI is InChI=1S/C19H28N2O4.ClH/c1-6-25-19(23)18-13(4)21(11-14(22)10-20-12(2)3)17-8-7-15(24-5)9-16(17)18;/h7-9,12,14,20,22H,6,10-11H2,1-5H3;1H. The van der Waals surface area contributed by atoms with E-state index in [1.165, 1.54) is 0 Å². The van der Waals surface area contributed by atoms with Crippen molar-refractivity contribution < 1.29 is 19.4 Å². The Kier molecular flexibility index (Phi) is 8.40. The Hall–Kier alpha value is -1.76. The second-order valence-corrected chi connectivity index (χ2v) is 6.39. The van der Waals surface area contributed by atoms with E-state index in [-0.39, 0.29) is 18.4 Å². The number of hydrogen-bond acceptors (Lipinski definition) is 5. The van der Waals surface area contributed by atoms with Gasteiger partial charge in [-0.1, -0.05) is 13.8 Å². The number of nitrogens with one attached hydrogen (secondary N) is 1. The lowest BCUT2D eigenvalue weighted by Crippen LogP contribution is -2.34. The Morgan fingerprint density at radius 2 is 2.04 bits per heavy atom. The molecule has 0 amide bonds. The molecule has 0 aliphatic heterocycles. The number of esters is 1. The van der Waals surface area contributed by atoms with Gasteiger partial charge >= 0.3 is 5.97 Å². The number of nitrogens with zero attached hydrogens (tertiary/aromatic N) is 1. The van der Waals surface area contributed by atoms with E-state index < -0.39 is 6.10 Å². The number of rotatable bonds is 8. The van der Waals surface area contributed by atoms with Crippen molar-refractivity contribution in [3.05, 3.63) is 29.5 Å². The molecule has 1 unspecified atom stereocenters. The number of aromatic nitrogens is 1. The summed E-state index contributed by atoms with van der Waals surface area (Å²) in [5, 5.41) is 14.4. The number of halogens is 1. The van der Waals surface area contributed by atoms with Crippen LogP contribution in [0.1, 0.15) is 36.8 Å². The second kappa shape index (κ2) is 9.80. The number of benzene rings is 1. The summed E-state index contributed by atoms with van der Waals surface area (Å²) in [6.07, 6.45) is -0.561. The molecule has 0 radical (unpaired) electrons. The number of fused-ring (bicyclic) bond motifs is 1. The average Bonchev–Trinajstić information content (AvgIpc) is 2.84. The SMILES string of the molecule is CCOC(=O)c1c(C)n(CC(O)CNC(C)C)c2ccc(OC)cc12.Cl. The molecule has 7 heteroatoms. The lowest BCUT2D eigenvalue weighted by atomic mass is 10.1. The van der Waals surface area contributed by atoms with Crippen molar-refractivity contribution in [2.24, 2.45) is 0 Å². The zero-order valence-electron chi connectivity index (χ0n) is 16.0. The number of carbonyl (C=O) groups excluding carboxylic acids is 1. The molecule has 0 spiro atoms. The fourth-order valence-electron chi connectivity index (χ4n) is 2.93. The van der Waals surface area contributed by atoms with Crippen LogP contribution in [-0.4, -0.2) is 48.1 Å². The number of aliphatic hydroxyl groups is 1. The third-order valence-electron chi connectivity index (χ3n) is 4.17. The summed E-state index contributed by atoms with van der Waals surface area (Å²) in [6, 6.07) is 5.90. The molecule has 0 aliphatic rings. The number of ether oxygens (including phenoxy) is 2. The molecule has 1 atom stereocenters. The molecule has 26 heavy (non-hydrogen) atoms. The van der Waals surface area contributed by atoms with Crippen LogP contribution in [0.2, 0.25) is 0 Å². The van der Waals surface area contributed by atoms with Gasteiger partial charge in [0.2, 0.25) is 0 Å². The molecule has 146 valence electrons. The Morgan fingerprint density at radius 1 is 1.35 bits per heavy atom. The molecule has 0 aliphatic carbocycles. The summed E-state index contributed by atoms with van der Waals surface area (Å²) in [7, 11) is 1.59. The van der Waals surface area contributed by atoms with Crippen LogP contribution in [-0.2, 0) is 11.3 Å². The third kappa shape index (κ3) is 4.90. The Balaban J connectivity index is 0.00000338. The first-order valence-electron chi connectivity index (χ1n) is 8.64. The van der Waals surface area contributed by atoms with Crippen molar-refractivity contribution in [1.29, 1.82) is 0 Å². The fourth-order valence-corrected chi connectivity index (χ4v) is 2.93. The molecule has 6 nitrogen and oxygen atoms in total. The van der Waals surface area contributed by atoms with Crippen LogP contribution in [0.4, 0.5) is 0 Å². The molecular formula is C19H29ClN2O4. The molecule has 0 fully saturated rings. The number of hydrogen-bond donors (Lipinski definition) is 2. The predicted molar refractivity (Wildman–Crippen MR) is 106 cm³/mol. The first kappa shape index (κ1) is 22.3. The molecular weight excluding hydrogens is 356 g/mol. The minimum Gasteiger partial charge on any atom is -0.497 e. The van der Waals surface area contributed by atoms with Crippen LogP contribution < -0.4 is 10.1 Å². The fraction of sp³-hybridized carbons (Fsp3) is 0.526. The summed E-state index contributed by atoms with van der Waals surface area (Å²) < 4.78 is 12.5. The van der Waals surface area contributed by atoms with Crippen LogP contribution >= 0.6 is 12.4 Å². The number of methoxy groups -OCH3 is 1. The van der Waals surface area contributed by atoms with Crippen LogP contribution in [0, 0.1) is 6.92 Å². The highest BCUT2D eigenvalue weighted by Gasteiger charge is 2.22. The van der Waals surface area contributed by atoms with Crippen molar-refractivity contribution in [3.63, 3.8) is 0 Å². The first-order chi connectivity index (χ1) is 11.9. The van der Waals surface area contributed by atoms with Crippen LogP contribution in [0.25, 0.3) is 10.9 Å². The monoisotopic (exact) mass is 384 g/mol. The zero-order chi connectivity index (χ0) is 18.6. The van der Waals surface area contributed by atoms with Crippen molar-refractivity contribution in [2.45, 2.75) is 46.4 Å². The van der Waals surface area contributed by atoms with E-state index in [9.17, 15) is 9.90 Å². The molecule has 0 saturated heterocycles. The van der Waals surface area contributed by atoms with Crippen molar-refractivity contribution in [1.82, 2.24) is 9.88 Å². The highest BCUT2D eigenvalue weighted by molar-refractivity contribution is 6.06. The maximum absolute atomic E-state index is 12.4. The maximum atomic E-state index is 12.4. The van der Waals surface area contributed by atoms with Gasteiger partial charge in [0.05, 0.1) is 31.9 Å². The smallest absolute Gasteiger partial charge is 0.340 e. The lowest BCUT2D eigenvalue weighted by Gasteiger charge is -2.17. The van der Waals surface area contributed by atoms with Gasteiger partial charge in [-0.15, -0.1) is 12.4 Å². The van der Waals surface area contributed by atoms with E-state index in [4.69, 9.17) is 9.47 Å². The van der Waals surface area contributed by atoms with E-state index in [0.717, 1.165) is 16.6 Å². The highest BCUT2D eigenvalue weighted by atomic mass is 35.5. The molecule has 2 rings (SSSR count). The second-order valence-electron chi connectivity index (χ2n) is 6.39. The van der Waals surface area contributed by atoms with Gasteiger partial charge in [-0.05, 0) is 32.0 Å². The molecule has 1 heterocycles. The summed E-state index contributed by atoms with van der Waals surface area (Å²) in [6.45, 7) is 8.93. The summed E-state index contributed by atoms with van der Waals surface area (Å²) >= 11 is 0. The minimum absolute atomic E-state index is 0. The maximum Gasteiger partial charge on any atom is 0.340 e. The van der Waals surface area contributed by atoms with Gasteiger partial charge in [0.25, 0.3) is 0 Å². The van der Waals surface area contributed by atoms with Gasteiger partial charge in [0.15, 0.2) is 0 Å². The van der Waals surface area contributed by atoms with Crippen molar-refractivity contribution in [3.8, 4) is 5.75 Å². The van der Waals surface area contributed by atoms with Gasteiger partial charge in [0, 0.05) is 29.2 Å². The molecule has 2 aromatic rings. The largest absolute Gasteiger partial charge is 0.497 e. The van der Waals surface area contributed by atoms with E-state index >= 15 is 0 Å². The van der Waals surface area contributed by atoms with Gasteiger partial charge in [-0.25, -0.2) is 4.79 Å². The van der Waals surface area contributed by atoms with E-state index in [2.05, 4.69) is 5.32 Å². The Morgan fingerprint density at radius 3 is 2.62 bits per heavy atom. The third-order valence-corrected chi connectivity index (χ3v) is 4.17. The predicted octanol–water partition coefficient (Wildman–Crippen LogP) is 2.92. The van der Waals surface area contributed by atoms with E-state index in [0.29, 0.717) is 37.1 Å². The average molecular weight is 385 g/mol. The Bertz CT molecular complexity index is 743. The van der Waals surface area contributed by atoms with Crippen molar-refractivity contribution >= 4 is 29.3 Å². The molecule has 1 aromatic carbocycles. The van der Waals surface area contributed by atoms with Crippen LogP contribution in [0.15, 0.2) is 18.2 Å². The van der Waals surface area contributed by atoms with Crippen LogP contribution in [0.5, 0.6) is 5.75 Å². The normalized spacial score (nSPS) is 12.1. The Labute approximate surface area is 160 Å². The van der Waals surface area contributed by atoms with Crippen molar-refractivity contribution in [2.75, 3.05) is 20.3 Å². The quantitative estimate of drug-likeness (QED) is 0.684. The number of aliphatic hydroxyl groups excluding tert-OH is 1. The van der Waals surface area contributed by atoms with Gasteiger partial charge in [0.1, 0.15) is 5.75 Å². The first-order valence-corrected chi connectivity index (χ1v) is 8.64. The number of carbonyl (C=O) groups is 1. The van der Waals surface area contributed by atoms with E-state index in [1.807, 2.05) is 43.5 Å². The van der Waals surface area contributed by atoms with Gasteiger partial charge in [-0.3, -0.25) is 0 Å². The molecule has 0 bridgehead atoms. The van der Waals surface area contributed by atoms with Gasteiger partial charge < -0.3 is 24.5 Å². The topological polar surface area (TPSA) is 72.7 Å². The van der Waals surface area contributed by atoms with Crippen LogP contribution in [0.3, 0.4) is 0 Å².